The van der Waals surface area contributed by atoms with Crippen LogP contribution in [0.2, 0.25) is 0 Å². The third-order valence-electron chi connectivity index (χ3n) is 3.83. The molecule has 1 aromatic rings. The molecule has 110 valence electrons. The minimum absolute atomic E-state index is 0.527. The van der Waals surface area contributed by atoms with E-state index in [1.54, 1.807) is 0 Å². The van der Waals surface area contributed by atoms with E-state index in [-0.39, 0.29) is 0 Å². The van der Waals surface area contributed by atoms with Crippen LogP contribution in [0.15, 0.2) is 30.3 Å². The van der Waals surface area contributed by atoms with Crippen molar-refractivity contribution in [2.45, 2.75) is 38.6 Å². The van der Waals surface area contributed by atoms with Gasteiger partial charge in [0.15, 0.2) is 5.11 Å². The molecule has 1 aliphatic carbocycles. The van der Waals surface area contributed by atoms with Crippen LogP contribution in [0.4, 0.5) is 0 Å². The van der Waals surface area contributed by atoms with Gasteiger partial charge in [0, 0.05) is 6.04 Å². The molecule has 1 aliphatic rings. The van der Waals surface area contributed by atoms with E-state index in [1.807, 2.05) is 30.3 Å². The molecule has 0 heterocycles. The fraction of sp³-hybridized carbons (Fsp3) is 0.562. The summed E-state index contributed by atoms with van der Waals surface area (Å²) in [7, 11) is 0. The maximum Gasteiger partial charge on any atom is 0.166 e. The van der Waals surface area contributed by atoms with Crippen LogP contribution in [-0.4, -0.2) is 24.3 Å². The zero-order valence-corrected chi connectivity index (χ0v) is 12.9. The molecule has 0 radical (unpaired) electrons. The van der Waals surface area contributed by atoms with Gasteiger partial charge in [0.05, 0.1) is 6.54 Å². The van der Waals surface area contributed by atoms with Crippen LogP contribution in [0.25, 0.3) is 0 Å². The number of rotatable bonds is 5. The van der Waals surface area contributed by atoms with E-state index >= 15 is 0 Å². The first-order chi connectivity index (χ1) is 9.75. The standard InChI is InChI=1S/C16H24N2OS/c1-13-7-5-6-10-15(13)18-16(20)17-11-12-19-14-8-3-2-4-9-14/h2-4,8-9,13,15H,5-7,10-12H2,1H3,(H2,17,18,20)/t13-,15-/m0/s1. The van der Waals surface area contributed by atoms with Gasteiger partial charge >= 0.3 is 0 Å². The number of hydrogen-bond acceptors (Lipinski definition) is 2. The minimum atomic E-state index is 0.527. The molecule has 1 fully saturated rings. The first-order valence-electron chi connectivity index (χ1n) is 7.48. The van der Waals surface area contributed by atoms with Crippen LogP contribution in [0.3, 0.4) is 0 Å². The number of nitrogens with one attached hydrogen (secondary N) is 2. The van der Waals surface area contributed by atoms with Crippen molar-refractivity contribution in [3.8, 4) is 5.75 Å². The second kappa shape index (κ2) is 8.10. The summed E-state index contributed by atoms with van der Waals surface area (Å²) < 4.78 is 5.62. The second-order valence-corrected chi connectivity index (χ2v) is 5.84. The first-order valence-corrected chi connectivity index (χ1v) is 7.89. The van der Waals surface area contributed by atoms with E-state index < -0.39 is 0 Å². The molecule has 2 atom stereocenters. The zero-order chi connectivity index (χ0) is 14.2. The summed E-state index contributed by atoms with van der Waals surface area (Å²) in [6, 6.07) is 10.4. The zero-order valence-electron chi connectivity index (χ0n) is 12.1. The molecular weight excluding hydrogens is 268 g/mol. The highest BCUT2D eigenvalue weighted by atomic mass is 32.1. The molecule has 0 bridgehead atoms. The Labute approximate surface area is 127 Å². The minimum Gasteiger partial charge on any atom is -0.492 e. The lowest BCUT2D eigenvalue weighted by Gasteiger charge is -2.30. The Morgan fingerprint density at radius 3 is 2.75 bits per heavy atom. The Balaban J connectivity index is 1.60. The Kier molecular flexibility index (Phi) is 6.12. The van der Waals surface area contributed by atoms with Crippen molar-refractivity contribution in [2.75, 3.05) is 13.2 Å². The van der Waals surface area contributed by atoms with Gasteiger partial charge in [-0.3, -0.25) is 0 Å². The summed E-state index contributed by atoms with van der Waals surface area (Å²) in [6.45, 7) is 3.64. The lowest BCUT2D eigenvalue weighted by molar-refractivity contribution is 0.304. The van der Waals surface area contributed by atoms with Crippen molar-refractivity contribution >= 4 is 17.3 Å². The molecule has 1 aromatic carbocycles. The second-order valence-electron chi connectivity index (χ2n) is 5.43. The molecule has 0 spiro atoms. The molecule has 20 heavy (non-hydrogen) atoms. The van der Waals surface area contributed by atoms with Gasteiger partial charge in [-0.1, -0.05) is 38.0 Å². The molecule has 1 saturated carbocycles. The van der Waals surface area contributed by atoms with Gasteiger partial charge in [-0.15, -0.1) is 0 Å². The van der Waals surface area contributed by atoms with E-state index in [9.17, 15) is 0 Å². The van der Waals surface area contributed by atoms with Crippen LogP contribution >= 0.6 is 12.2 Å². The van der Waals surface area contributed by atoms with Crippen LogP contribution in [-0.2, 0) is 0 Å². The first kappa shape index (κ1) is 15.1. The van der Waals surface area contributed by atoms with Gasteiger partial charge < -0.3 is 15.4 Å². The Hall–Kier alpha value is -1.29. The molecule has 0 saturated heterocycles. The van der Waals surface area contributed by atoms with E-state index in [4.69, 9.17) is 17.0 Å². The summed E-state index contributed by atoms with van der Waals surface area (Å²) in [5, 5.41) is 7.40. The summed E-state index contributed by atoms with van der Waals surface area (Å²) >= 11 is 5.34. The summed E-state index contributed by atoms with van der Waals surface area (Å²) in [6.07, 6.45) is 5.19. The van der Waals surface area contributed by atoms with Gasteiger partial charge in [0.1, 0.15) is 12.4 Å². The van der Waals surface area contributed by atoms with Crippen molar-refractivity contribution in [1.29, 1.82) is 0 Å². The van der Waals surface area contributed by atoms with Gasteiger partial charge in [0.25, 0.3) is 0 Å². The molecule has 0 aromatic heterocycles. The third kappa shape index (κ3) is 5.00. The van der Waals surface area contributed by atoms with Gasteiger partial charge in [-0.05, 0) is 43.1 Å². The van der Waals surface area contributed by atoms with E-state index in [1.165, 1.54) is 25.7 Å². The highest BCUT2D eigenvalue weighted by Crippen LogP contribution is 2.23. The maximum absolute atomic E-state index is 5.62. The highest BCUT2D eigenvalue weighted by Gasteiger charge is 2.21. The summed E-state index contributed by atoms with van der Waals surface area (Å²) in [5.74, 6) is 1.61. The molecule has 0 amide bonds. The quantitative estimate of drug-likeness (QED) is 0.645. The van der Waals surface area contributed by atoms with E-state index in [0.29, 0.717) is 18.6 Å². The average Bonchev–Trinajstić information content (AvgIpc) is 2.47. The van der Waals surface area contributed by atoms with Crippen molar-refractivity contribution in [3.05, 3.63) is 30.3 Å². The van der Waals surface area contributed by atoms with Crippen LogP contribution < -0.4 is 15.4 Å². The molecule has 3 nitrogen and oxygen atoms in total. The fourth-order valence-electron chi connectivity index (χ4n) is 2.60. The van der Waals surface area contributed by atoms with Gasteiger partial charge in [0.2, 0.25) is 0 Å². The lowest BCUT2D eigenvalue weighted by atomic mass is 9.86. The lowest BCUT2D eigenvalue weighted by Crippen LogP contribution is -2.46. The molecule has 2 N–H and O–H groups in total. The van der Waals surface area contributed by atoms with E-state index in [2.05, 4.69) is 17.6 Å². The SMILES string of the molecule is C[C@H]1CCCC[C@@H]1NC(=S)NCCOc1ccccc1. The maximum atomic E-state index is 5.62. The van der Waals surface area contributed by atoms with Crippen LogP contribution in [0.5, 0.6) is 5.75 Å². The monoisotopic (exact) mass is 292 g/mol. The Morgan fingerprint density at radius 1 is 1.25 bits per heavy atom. The summed E-state index contributed by atoms with van der Waals surface area (Å²) in [4.78, 5) is 0. The predicted molar refractivity (Wildman–Crippen MR) is 87.1 cm³/mol. The van der Waals surface area contributed by atoms with Crippen molar-refractivity contribution in [1.82, 2.24) is 10.6 Å². The Morgan fingerprint density at radius 2 is 2.00 bits per heavy atom. The topological polar surface area (TPSA) is 33.3 Å². The largest absolute Gasteiger partial charge is 0.492 e. The third-order valence-corrected chi connectivity index (χ3v) is 4.09. The van der Waals surface area contributed by atoms with Crippen LogP contribution in [0.1, 0.15) is 32.6 Å². The van der Waals surface area contributed by atoms with E-state index in [0.717, 1.165) is 17.4 Å². The number of hydrogen-bond donors (Lipinski definition) is 2. The highest BCUT2D eigenvalue weighted by molar-refractivity contribution is 7.80. The average molecular weight is 292 g/mol. The molecule has 2 rings (SSSR count). The number of benzene rings is 1. The smallest absolute Gasteiger partial charge is 0.166 e. The normalized spacial score (nSPS) is 22.1. The van der Waals surface area contributed by atoms with Gasteiger partial charge in [-0.25, -0.2) is 0 Å². The molecule has 0 aliphatic heterocycles. The predicted octanol–water partition coefficient (Wildman–Crippen LogP) is 3.11. The summed E-state index contributed by atoms with van der Waals surface area (Å²) in [5.41, 5.74) is 0. The Bertz CT molecular complexity index is 410. The van der Waals surface area contributed by atoms with Gasteiger partial charge in [-0.2, -0.15) is 0 Å². The number of ether oxygens (including phenoxy) is 1. The molecular formula is C16H24N2OS. The number of para-hydroxylation sites is 1. The number of thiocarbonyl (C=S) groups is 1. The van der Waals surface area contributed by atoms with Crippen molar-refractivity contribution in [2.24, 2.45) is 5.92 Å². The van der Waals surface area contributed by atoms with Crippen molar-refractivity contribution in [3.63, 3.8) is 0 Å². The van der Waals surface area contributed by atoms with Crippen LogP contribution in [0, 0.1) is 5.92 Å². The fourth-order valence-corrected chi connectivity index (χ4v) is 2.85. The molecule has 4 heteroatoms. The van der Waals surface area contributed by atoms with Crippen molar-refractivity contribution < 1.29 is 4.74 Å². The molecule has 0 unspecified atom stereocenters.